The second-order valence-corrected chi connectivity index (χ2v) is 4.91. The van der Waals surface area contributed by atoms with E-state index < -0.39 is 16.0 Å². The van der Waals surface area contributed by atoms with Crippen molar-refractivity contribution in [3.63, 3.8) is 0 Å². The molecule has 2 N–H and O–H groups in total. The first-order chi connectivity index (χ1) is 6.79. The number of aromatic carboxylic acids is 1. The number of hydrogen-bond donors (Lipinski definition) is 2. The van der Waals surface area contributed by atoms with Gasteiger partial charge in [0.05, 0.1) is 12.8 Å². The molecular weight excluding hydrogens is 222 g/mol. The van der Waals surface area contributed by atoms with Crippen LogP contribution in [0.25, 0.3) is 0 Å². The zero-order valence-electron chi connectivity index (χ0n) is 8.27. The molecule has 0 atom stereocenters. The van der Waals surface area contributed by atoms with Crippen LogP contribution in [-0.2, 0) is 16.6 Å². The van der Waals surface area contributed by atoms with E-state index in [-0.39, 0.29) is 23.6 Å². The summed E-state index contributed by atoms with van der Waals surface area (Å²) in [5.41, 5.74) is 0.0419. The third-order valence-electron chi connectivity index (χ3n) is 1.71. The summed E-state index contributed by atoms with van der Waals surface area (Å²) in [6.07, 6.45) is 1.01. The predicted molar refractivity (Wildman–Crippen MR) is 52.1 cm³/mol. The molecule has 0 saturated carbocycles. The van der Waals surface area contributed by atoms with Gasteiger partial charge < -0.3 is 9.52 Å². The molecule has 1 rings (SSSR count). The standard InChI is InChI=1S/C8H11NO5S/c1-5-7(8(10)11)3-6(14-5)4-9-15(2,12)13/h3,9H,4H2,1-2H3,(H,10,11). The van der Waals surface area contributed by atoms with Crippen LogP contribution >= 0.6 is 0 Å². The van der Waals surface area contributed by atoms with Crippen LogP contribution in [0.15, 0.2) is 10.5 Å². The topological polar surface area (TPSA) is 96.6 Å². The summed E-state index contributed by atoms with van der Waals surface area (Å²) in [6, 6.07) is 1.30. The molecule has 6 nitrogen and oxygen atoms in total. The minimum absolute atomic E-state index is 0.0419. The maximum absolute atomic E-state index is 10.8. The summed E-state index contributed by atoms with van der Waals surface area (Å²) in [5, 5.41) is 8.71. The van der Waals surface area contributed by atoms with Crippen molar-refractivity contribution in [2.24, 2.45) is 0 Å². The molecule has 0 bridgehead atoms. The second-order valence-electron chi connectivity index (χ2n) is 3.08. The smallest absolute Gasteiger partial charge is 0.339 e. The van der Waals surface area contributed by atoms with E-state index in [0.29, 0.717) is 0 Å². The number of carboxylic acids is 1. The van der Waals surface area contributed by atoms with Gasteiger partial charge in [-0.1, -0.05) is 0 Å². The molecule has 0 amide bonds. The van der Waals surface area contributed by atoms with E-state index in [0.717, 1.165) is 6.26 Å². The predicted octanol–water partition coefficient (Wildman–Crippen LogP) is 0.335. The van der Waals surface area contributed by atoms with Crippen LogP contribution in [-0.4, -0.2) is 25.7 Å². The van der Waals surface area contributed by atoms with Crippen LogP contribution in [0.2, 0.25) is 0 Å². The quantitative estimate of drug-likeness (QED) is 0.781. The summed E-state index contributed by atoms with van der Waals surface area (Å²) in [7, 11) is -3.30. The van der Waals surface area contributed by atoms with Gasteiger partial charge in [-0.15, -0.1) is 0 Å². The average molecular weight is 233 g/mol. The molecule has 0 saturated heterocycles. The number of nitrogens with one attached hydrogen (secondary N) is 1. The Balaban J connectivity index is 2.81. The van der Waals surface area contributed by atoms with E-state index in [1.807, 2.05) is 0 Å². The van der Waals surface area contributed by atoms with Gasteiger partial charge in [0, 0.05) is 0 Å². The summed E-state index contributed by atoms with van der Waals surface area (Å²) in [5.74, 6) is -0.565. The average Bonchev–Trinajstić information content (AvgIpc) is 2.42. The molecule has 0 aliphatic carbocycles. The zero-order valence-corrected chi connectivity index (χ0v) is 9.09. The Kier molecular flexibility index (Phi) is 3.15. The highest BCUT2D eigenvalue weighted by molar-refractivity contribution is 7.88. The molecule has 1 heterocycles. The lowest BCUT2D eigenvalue weighted by atomic mass is 10.2. The van der Waals surface area contributed by atoms with Crippen LogP contribution in [0.5, 0.6) is 0 Å². The molecule has 0 unspecified atom stereocenters. The first kappa shape index (κ1) is 11.7. The Morgan fingerprint density at radius 1 is 1.60 bits per heavy atom. The lowest BCUT2D eigenvalue weighted by molar-refractivity contribution is 0.0695. The van der Waals surface area contributed by atoms with Crippen LogP contribution in [0, 0.1) is 6.92 Å². The third kappa shape index (κ3) is 3.37. The number of hydrogen-bond acceptors (Lipinski definition) is 4. The van der Waals surface area contributed by atoms with Crippen LogP contribution in [0.4, 0.5) is 0 Å². The number of carbonyl (C=O) groups is 1. The van der Waals surface area contributed by atoms with E-state index in [9.17, 15) is 13.2 Å². The molecule has 0 aliphatic heterocycles. The minimum atomic E-state index is -3.30. The molecule has 7 heteroatoms. The Labute approximate surface area is 87.0 Å². The Morgan fingerprint density at radius 3 is 2.60 bits per heavy atom. The summed E-state index contributed by atoms with van der Waals surface area (Å²) < 4.78 is 28.8. The van der Waals surface area contributed by atoms with Gasteiger partial charge in [0.2, 0.25) is 10.0 Å². The highest BCUT2D eigenvalue weighted by atomic mass is 32.2. The molecule has 0 radical (unpaired) electrons. The van der Waals surface area contributed by atoms with Gasteiger partial charge in [-0.3, -0.25) is 0 Å². The van der Waals surface area contributed by atoms with E-state index in [1.54, 1.807) is 0 Å². The minimum Gasteiger partial charge on any atom is -0.478 e. The van der Waals surface area contributed by atoms with Gasteiger partial charge in [-0.2, -0.15) is 0 Å². The largest absolute Gasteiger partial charge is 0.478 e. The molecule has 1 aromatic rings. The fourth-order valence-electron chi connectivity index (χ4n) is 1.05. The van der Waals surface area contributed by atoms with Crippen molar-refractivity contribution in [2.75, 3.05) is 6.26 Å². The maximum Gasteiger partial charge on any atom is 0.339 e. The first-order valence-electron chi connectivity index (χ1n) is 4.07. The van der Waals surface area contributed by atoms with Gasteiger partial charge in [-0.25, -0.2) is 17.9 Å². The normalized spacial score (nSPS) is 11.6. The van der Waals surface area contributed by atoms with Gasteiger partial charge in [0.1, 0.15) is 17.1 Å². The first-order valence-corrected chi connectivity index (χ1v) is 5.96. The van der Waals surface area contributed by atoms with Crippen LogP contribution in [0.3, 0.4) is 0 Å². The number of sulfonamides is 1. The van der Waals surface area contributed by atoms with Crippen molar-refractivity contribution in [3.05, 3.63) is 23.2 Å². The van der Waals surface area contributed by atoms with Gasteiger partial charge >= 0.3 is 5.97 Å². The highest BCUT2D eigenvalue weighted by Gasteiger charge is 2.14. The third-order valence-corrected chi connectivity index (χ3v) is 2.38. The number of rotatable bonds is 4. The molecule has 0 spiro atoms. The zero-order chi connectivity index (χ0) is 11.6. The van der Waals surface area contributed by atoms with E-state index in [1.165, 1.54) is 13.0 Å². The molecule has 0 aromatic carbocycles. The maximum atomic E-state index is 10.8. The Bertz CT molecular complexity index is 473. The molecule has 1 aromatic heterocycles. The Morgan fingerprint density at radius 2 is 2.20 bits per heavy atom. The summed E-state index contributed by atoms with van der Waals surface area (Å²) in [6.45, 7) is 1.46. The van der Waals surface area contributed by atoms with E-state index >= 15 is 0 Å². The highest BCUT2D eigenvalue weighted by Crippen LogP contribution is 2.14. The summed E-state index contributed by atoms with van der Waals surface area (Å²) in [4.78, 5) is 10.6. The molecule has 84 valence electrons. The number of aryl methyl sites for hydroxylation is 1. The van der Waals surface area contributed by atoms with E-state index in [4.69, 9.17) is 9.52 Å². The number of carboxylic acid groups (broad SMARTS) is 1. The van der Waals surface area contributed by atoms with Crippen molar-refractivity contribution in [2.45, 2.75) is 13.5 Å². The number of furan rings is 1. The molecular formula is C8H11NO5S. The Hall–Kier alpha value is -1.34. The van der Waals surface area contributed by atoms with Crippen molar-refractivity contribution < 1.29 is 22.7 Å². The lowest BCUT2D eigenvalue weighted by Gasteiger charge is -1.97. The van der Waals surface area contributed by atoms with Crippen molar-refractivity contribution in [1.82, 2.24) is 4.72 Å². The molecule has 0 fully saturated rings. The monoisotopic (exact) mass is 233 g/mol. The van der Waals surface area contributed by atoms with Crippen molar-refractivity contribution >= 4 is 16.0 Å². The van der Waals surface area contributed by atoms with Crippen LogP contribution in [0.1, 0.15) is 21.9 Å². The van der Waals surface area contributed by atoms with Crippen molar-refractivity contribution in [1.29, 1.82) is 0 Å². The van der Waals surface area contributed by atoms with Crippen LogP contribution < -0.4 is 4.72 Å². The van der Waals surface area contributed by atoms with Gasteiger partial charge in [-0.05, 0) is 13.0 Å². The van der Waals surface area contributed by atoms with Crippen molar-refractivity contribution in [3.8, 4) is 0 Å². The fraction of sp³-hybridized carbons (Fsp3) is 0.375. The fourth-order valence-corrected chi connectivity index (χ4v) is 1.45. The summed E-state index contributed by atoms with van der Waals surface area (Å²) >= 11 is 0. The SMILES string of the molecule is Cc1oc(CNS(C)(=O)=O)cc1C(=O)O. The lowest BCUT2D eigenvalue weighted by Crippen LogP contribution is -2.20. The van der Waals surface area contributed by atoms with E-state index in [2.05, 4.69) is 4.72 Å². The van der Waals surface area contributed by atoms with Gasteiger partial charge in [0.15, 0.2) is 0 Å². The molecule has 0 aliphatic rings. The van der Waals surface area contributed by atoms with Gasteiger partial charge in [0.25, 0.3) is 0 Å². The molecule has 15 heavy (non-hydrogen) atoms. The second kappa shape index (κ2) is 4.03.